The topological polar surface area (TPSA) is 54.0 Å². The molecular weight excluding hydrogens is 238 g/mol. The average molecular weight is 259 g/mol. The van der Waals surface area contributed by atoms with Crippen LogP contribution in [0.15, 0.2) is 31.0 Å². The van der Waals surface area contributed by atoms with Gasteiger partial charge >= 0.3 is 0 Å². The lowest BCUT2D eigenvalue weighted by Gasteiger charge is -2.13. The molecule has 0 aromatic carbocycles. The summed E-state index contributed by atoms with van der Waals surface area (Å²) < 4.78 is 0. The standard InChI is InChI=1S/C15H21N3O/c1-3-9-16-14(19)12-5-6-13(17-10-12)18-11-15(4-2)7-8-15/h3,5-6,10H,1,4,7-9,11H2,2H3,(H,16,19)(H,17,18). The van der Waals surface area contributed by atoms with Gasteiger partial charge in [0.25, 0.3) is 5.91 Å². The first-order valence-electron chi connectivity index (χ1n) is 6.78. The molecule has 2 rings (SSSR count). The van der Waals surface area contributed by atoms with Crippen molar-refractivity contribution < 1.29 is 4.79 Å². The van der Waals surface area contributed by atoms with E-state index in [0.29, 0.717) is 17.5 Å². The Morgan fingerprint density at radius 1 is 1.53 bits per heavy atom. The van der Waals surface area contributed by atoms with Gasteiger partial charge < -0.3 is 10.6 Å². The van der Waals surface area contributed by atoms with E-state index >= 15 is 0 Å². The van der Waals surface area contributed by atoms with Crippen LogP contribution in [0.5, 0.6) is 0 Å². The fourth-order valence-corrected chi connectivity index (χ4v) is 2.01. The van der Waals surface area contributed by atoms with Crippen LogP contribution >= 0.6 is 0 Å². The minimum atomic E-state index is -0.119. The lowest BCUT2D eigenvalue weighted by molar-refractivity contribution is 0.0957. The number of hydrogen-bond acceptors (Lipinski definition) is 3. The van der Waals surface area contributed by atoms with E-state index < -0.39 is 0 Å². The molecule has 0 radical (unpaired) electrons. The summed E-state index contributed by atoms with van der Waals surface area (Å²) in [5.41, 5.74) is 1.06. The van der Waals surface area contributed by atoms with Crippen molar-refractivity contribution in [2.75, 3.05) is 18.4 Å². The molecule has 1 amide bonds. The second-order valence-electron chi connectivity index (χ2n) is 5.14. The molecule has 1 aliphatic rings. The summed E-state index contributed by atoms with van der Waals surface area (Å²) >= 11 is 0. The monoisotopic (exact) mass is 259 g/mol. The van der Waals surface area contributed by atoms with Crippen molar-refractivity contribution in [1.82, 2.24) is 10.3 Å². The van der Waals surface area contributed by atoms with Crippen molar-refractivity contribution in [2.24, 2.45) is 5.41 Å². The van der Waals surface area contributed by atoms with Crippen molar-refractivity contribution in [3.63, 3.8) is 0 Å². The molecule has 1 aromatic rings. The highest BCUT2D eigenvalue weighted by Crippen LogP contribution is 2.48. The highest BCUT2D eigenvalue weighted by Gasteiger charge is 2.40. The van der Waals surface area contributed by atoms with Gasteiger partial charge in [0.05, 0.1) is 5.56 Å². The van der Waals surface area contributed by atoms with Crippen molar-refractivity contribution >= 4 is 11.7 Å². The van der Waals surface area contributed by atoms with Gasteiger partial charge in [-0.1, -0.05) is 13.0 Å². The van der Waals surface area contributed by atoms with E-state index in [2.05, 4.69) is 29.1 Å². The SMILES string of the molecule is C=CCNC(=O)c1ccc(NCC2(CC)CC2)nc1. The maximum Gasteiger partial charge on any atom is 0.253 e. The molecule has 0 saturated heterocycles. The lowest BCUT2D eigenvalue weighted by Crippen LogP contribution is -2.23. The van der Waals surface area contributed by atoms with E-state index in [1.165, 1.54) is 19.3 Å². The normalized spacial score (nSPS) is 15.6. The van der Waals surface area contributed by atoms with Gasteiger partial charge in [0.1, 0.15) is 5.82 Å². The number of nitrogens with one attached hydrogen (secondary N) is 2. The summed E-state index contributed by atoms with van der Waals surface area (Å²) in [4.78, 5) is 15.9. The molecule has 0 bridgehead atoms. The second kappa shape index (κ2) is 5.87. The van der Waals surface area contributed by atoms with Crippen molar-refractivity contribution in [3.05, 3.63) is 36.5 Å². The molecular formula is C15H21N3O. The minimum Gasteiger partial charge on any atom is -0.370 e. The number of anilines is 1. The molecule has 1 heterocycles. The van der Waals surface area contributed by atoms with E-state index in [1.54, 1.807) is 18.3 Å². The van der Waals surface area contributed by atoms with Gasteiger partial charge in [-0.25, -0.2) is 4.98 Å². The largest absolute Gasteiger partial charge is 0.370 e. The summed E-state index contributed by atoms with van der Waals surface area (Å²) in [5.74, 6) is 0.714. The zero-order valence-corrected chi connectivity index (χ0v) is 11.4. The van der Waals surface area contributed by atoms with Crippen LogP contribution in [0.3, 0.4) is 0 Å². The Balaban J connectivity index is 1.87. The number of pyridine rings is 1. The first-order chi connectivity index (χ1) is 9.19. The number of carbonyl (C=O) groups excluding carboxylic acids is 1. The van der Waals surface area contributed by atoms with Gasteiger partial charge in [0, 0.05) is 19.3 Å². The molecule has 1 saturated carbocycles. The summed E-state index contributed by atoms with van der Waals surface area (Å²) in [6, 6.07) is 3.65. The Bertz CT molecular complexity index is 449. The number of amides is 1. The predicted molar refractivity (Wildman–Crippen MR) is 77.2 cm³/mol. The Hall–Kier alpha value is -1.84. The fourth-order valence-electron chi connectivity index (χ4n) is 2.01. The van der Waals surface area contributed by atoms with Gasteiger partial charge in [-0.3, -0.25) is 4.79 Å². The first kappa shape index (κ1) is 13.6. The third-order valence-electron chi connectivity index (χ3n) is 3.78. The average Bonchev–Trinajstić information content (AvgIpc) is 3.24. The molecule has 1 aliphatic carbocycles. The molecule has 0 atom stereocenters. The third kappa shape index (κ3) is 3.56. The first-order valence-corrected chi connectivity index (χ1v) is 6.78. The van der Waals surface area contributed by atoms with E-state index in [1.807, 2.05) is 6.07 Å². The van der Waals surface area contributed by atoms with Crippen molar-refractivity contribution in [2.45, 2.75) is 26.2 Å². The fraction of sp³-hybridized carbons (Fsp3) is 0.467. The Labute approximate surface area is 114 Å². The Morgan fingerprint density at radius 2 is 2.32 bits per heavy atom. The van der Waals surface area contributed by atoms with E-state index in [0.717, 1.165) is 12.4 Å². The molecule has 4 nitrogen and oxygen atoms in total. The molecule has 0 spiro atoms. The molecule has 4 heteroatoms. The highest BCUT2D eigenvalue weighted by atomic mass is 16.1. The predicted octanol–water partition coefficient (Wildman–Crippen LogP) is 2.60. The zero-order valence-electron chi connectivity index (χ0n) is 11.4. The summed E-state index contributed by atoms with van der Waals surface area (Å²) in [6.07, 6.45) is 7.08. The molecule has 19 heavy (non-hydrogen) atoms. The molecule has 1 fully saturated rings. The van der Waals surface area contributed by atoms with Gasteiger partial charge in [-0.2, -0.15) is 0 Å². The van der Waals surface area contributed by atoms with Crippen LogP contribution in [-0.2, 0) is 0 Å². The molecule has 1 aromatic heterocycles. The number of rotatable bonds is 7. The summed E-state index contributed by atoms with van der Waals surface area (Å²) in [7, 11) is 0. The van der Waals surface area contributed by atoms with E-state index in [9.17, 15) is 4.79 Å². The van der Waals surface area contributed by atoms with E-state index in [4.69, 9.17) is 0 Å². The number of hydrogen-bond donors (Lipinski definition) is 2. The van der Waals surface area contributed by atoms with Gasteiger partial charge in [-0.05, 0) is 36.8 Å². The number of nitrogens with zero attached hydrogens (tertiary/aromatic N) is 1. The van der Waals surface area contributed by atoms with Crippen LogP contribution in [0.1, 0.15) is 36.5 Å². The van der Waals surface area contributed by atoms with Crippen LogP contribution in [0.2, 0.25) is 0 Å². The van der Waals surface area contributed by atoms with Gasteiger partial charge in [-0.15, -0.1) is 6.58 Å². The Kier molecular flexibility index (Phi) is 4.20. The van der Waals surface area contributed by atoms with Crippen LogP contribution in [0.4, 0.5) is 5.82 Å². The molecule has 2 N–H and O–H groups in total. The third-order valence-corrected chi connectivity index (χ3v) is 3.78. The number of aromatic nitrogens is 1. The van der Waals surface area contributed by atoms with Crippen LogP contribution in [0.25, 0.3) is 0 Å². The summed E-state index contributed by atoms with van der Waals surface area (Å²) in [5, 5.41) is 6.07. The minimum absolute atomic E-state index is 0.119. The molecule has 102 valence electrons. The van der Waals surface area contributed by atoms with Crippen molar-refractivity contribution in [3.8, 4) is 0 Å². The van der Waals surface area contributed by atoms with Crippen LogP contribution < -0.4 is 10.6 Å². The van der Waals surface area contributed by atoms with Gasteiger partial charge in [0.15, 0.2) is 0 Å². The highest BCUT2D eigenvalue weighted by molar-refractivity contribution is 5.94. The van der Waals surface area contributed by atoms with Crippen molar-refractivity contribution in [1.29, 1.82) is 0 Å². The Morgan fingerprint density at radius 3 is 2.84 bits per heavy atom. The maximum absolute atomic E-state index is 11.7. The second-order valence-corrected chi connectivity index (χ2v) is 5.14. The lowest BCUT2D eigenvalue weighted by atomic mass is 10.0. The van der Waals surface area contributed by atoms with E-state index in [-0.39, 0.29) is 5.91 Å². The quantitative estimate of drug-likeness (QED) is 0.740. The summed E-state index contributed by atoms with van der Waals surface area (Å²) in [6.45, 7) is 7.23. The number of carbonyl (C=O) groups is 1. The van der Waals surface area contributed by atoms with Gasteiger partial charge in [0.2, 0.25) is 0 Å². The smallest absolute Gasteiger partial charge is 0.253 e. The molecule has 0 unspecified atom stereocenters. The zero-order chi connectivity index (χ0) is 13.7. The van der Waals surface area contributed by atoms with Crippen LogP contribution in [0, 0.1) is 5.41 Å². The van der Waals surface area contributed by atoms with Crippen LogP contribution in [-0.4, -0.2) is 24.0 Å². The molecule has 0 aliphatic heterocycles. The maximum atomic E-state index is 11.7.